The number of hydrogen-bond donors (Lipinski definition) is 1. The van der Waals surface area contributed by atoms with Crippen LogP contribution in [0.25, 0.3) is 50.5 Å². The van der Waals surface area contributed by atoms with E-state index in [9.17, 15) is 5.11 Å². The van der Waals surface area contributed by atoms with Crippen LogP contribution in [0.1, 0.15) is 95.7 Å². The fraction of sp³-hybridized carbons (Fsp3) is 0.333. The molecule has 0 aliphatic rings. The van der Waals surface area contributed by atoms with E-state index in [0.29, 0.717) is 5.56 Å². The second kappa shape index (κ2) is 12.0. The van der Waals surface area contributed by atoms with Crippen molar-refractivity contribution in [1.29, 1.82) is 0 Å². The van der Waals surface area contributed by atoms with Crippen LogP contribution in [-0.4, -0.2) is 19.6 Å². The van der Waals surface area contributed by atoms with Crippen LogP contribution in [0, 0.1) is 20.8 Å². The Kier molecular flexibility index (Phi) is 8.38. The topological polar surface area (TPSA) is 50.9 Å². The Morgan fingerprint density at radius 3 is 1.82 bits per heavy atom. The minimum Gasteiger partial charge on any atom is -0.507 e. The van der Waals surface area contributed by atoms with Gasteiger partial charge in [-0.05, 0) is 107 Å². The van der Waals surface area contributed by atoms with E-state index < -0.39 is 0 Å². The van der Waals surface area contributed by atoms with Crippen molar-refractivity contribution in [2.24, 2.45) is 0 Å². The number of rotatable bonds is 4. The van der Waals surface area contributed by atoms with Crippen molar-refractivity contribution in [3.05, 3.63) is 118 Å². The van der Waals surface area contributed by atoms with Gasteiger partial charge in [-0.2, -0.15) is 0 Å². The quantitative estimate of drug-likeness (QED) is 0.207. The highest BCUT2D eigenvalue weighted by Gasteiger charge is 2.29. The number of phenolic OH excluding ortho intramolecular Hbond substituents is 1. The Balaban J connectivity index is 1.75. The first-order chi connectivity index (χ1) is 22.9. The zero-order valence-corrected chi connectivity index (χ0v) is 31.4. The maximum atomic E-state index is 11.2. The summed E-state index contributed by atoms with van der Waals surface area (Å²) in [5.74, 6) is 0.930. The molecule has 2 aromatic heterocycles. The first kappa shape index (κ1) is 34.2. The lowest BCUT2D eigenvalue weighted by atomic mass is 9.74. The van der Waals surface area contributed by atoms with E-state index in [1.165, 1.54) is 22.3 Å². The van der Waals surface area contributed by atoms with Gasteiger partial charge in [-0.3, -0.25) is 9.55 Å². The molecule has 252 valence electrons. The maximum absolute atomic E-state index is 11.2. The summed E-state index contributed by atoms with van der Waals surface area (Å²) in [5.41, 5.74) is 15.1. The van der Waals surface area contributed by atoms with E-state index in [2.05, 4.69) is 142 Å². The van der Waals surface area contributed by atoms with Crippen LogP contribution >= 0.6 is 0 Å². The fourth-order valence-electron chi connectivity index (χ4n) is 7.23. The smallest absolute Gasteiger partial charge is 0.149 e. The third-order valence-electron chi connectivity index (χ3n) is 9.65. The van der Waals surface area contributed by atoms with Crippen LogP contribution in [-0.2, 0) is 16.2 Å². The maximum Gasteiger partial charge on any atom is 0.149 e. The summed E-state index contributed by atoms with van der Waals surface area (Å²) < 4.78 is 2.24. The number of benzene rings is 4. The van der Waals surface area contributed by atoms with Gasteiger partial charge in [0.15, 0.2) is 0 Å². The normalized spacial score (nSPS) is 12.6. The summed E-state index contributed by atoms with van der Waals surface area (Å²) >= 11 is 0. The van der Waals surface area contributed by atoms with Crippen LogP contribution in [0.2, 0.25) is 0 Å². The molecule has 0 amide bonds. The van der Waals surface area contributed by atoms with E-state index in [1.807, 2.05) is 24.4 Å². The zero-order valence-electron chi connectivity index (χ0n) is 31.4. The van der Waals surface area contributed by atoms with Gasteiger partial charge in [-0.25, -0.2) is 4.98 Å². The molecular formula is C45H51N3O. The Morgan fingerprint density at radius 2 is 1.20 bits per heavy atom. The molecule has 0 radical (unpaired) electrons. The van der Waals surface area contributed by atoms with Crippen molar-refractivity contribution in [3.63, 3.8) is 0 Å². The number of para-hydroxylation sites is 2. The van der Waals surface area contributed by atoms with E-state index in [1.54, 1.807) is 6.07 Å². The SMILES string of the molecule is Cc1cc(C)c(-n2c(-c3ccccc3O)nc3c(-c4cc(-c5cc(C(C)(C)C)ccn5)c(C(C)(C)C)cc4C(C)(C)C)cccc32)c(C)c1. The molecule has 1 N–H and O–H groups in total. The third kappa shape index (κ3) is 6.30. The van der Waals surface area contributed by atoms with Crippen molar-refractivity contribution in [1.82, 2.24) is 14.5 Å². The van der Waals surface area contributed by atoms with Crippen LogP contribution in [0.3, 0.4) is 0 Å². The molecule has 0 atom stereocenters. The van der Waals surface area contributed by atoms with Gasteiger partial charge in [0.05, 0.1) is 28.0 Å². The van der Waals surface area contributed by atoms with Gasteiger partial charge in [0, 0.05) is 17.3 Å². The molecule has 0 saturated carbocycles. The van der Waals surface area contributed by atoms with Crippen LogP contribution < -0.4 is 0 Å². The molecule has 0 saturated heterocycles. The van der Waals surface area contributed by atoms with Crippen molar-refractivity contribution in [3.8, 4) is 45.2 Å². The van der Waals surface area contributed by atoms with Gasteiger partial charge < -0.3 is 5.11 Å². The molecule has 0 aliphatic carbocycles. The predicted molar refractivity (Wildman–Crippen MR) is 207 cm³/mol. The summed E-state index contributed by atoms with van der Waals surface area (Å²) in [4.78, 5) is 10.4. The highest BCUT2D eigenvalue weighted by Crippen LogP contribution is 2.45. The number of hydrogen-bond acceptors (Lipinski definition) is 3. The number of phenols is 1. The Hall–Kier alpha value is -4.70. The van der Waals surface area contributed by atoms with Crippen LogP contribution in [0.15, 0.2) is 85.1 Å². The lowest BCUT2D eigenvalue weighted by Gasteiger charge is -2.30. The van der Waals surface area contributed by atoms with Gasteiger partial charge >= 0.3 is 0 Å². The Bertz CT molecular complexity index is 2190. The molecule has 2 heterocycles. The van der Waals surface area contributed by atoms with Crippen LogP contribution in [0.4, 0.5) is 0 Å². The molecule has 4 nitrogen and oxygen atoms in total. The van der Waals surface area contributed by atoms with Gasteiger partial charge in [-0.1, -0.05) is 110 Å². The van der Waals surface area contributed by atoms with E-state index in [-0.39, 0.29) is 22.0 Å². The largest absolute Gasteiger partial charge is 0.507 e. The van der Waals surface area contributed by atoms with Gasteiger partial charge in [0.2, 0.25) is 0 Å². The van der Waals surface area contributed by atoms with E-state index in [0.717, 1.165) is 56.1 Å². The second-order valence-corrected chi connectivity index (χ2v) is 16.8. The second-order valence-electron chi connectivity index (χ2n) is 16.8. The lowest BCUT2D eigenvalue weighted by molar-refractivity contribution is 0.477. The molecule has 0 unspecified atom stereocenters. The van der Waals surface area contributed by atoms with Gasteiger partial charge in [0.1, 0.15) is 11.6 Å². The number of fused-ring (bicyclic) bond motifs is 1. The van der Waals surface area contributed by atoms with E-state index in [4.69, 9.17) is 9.97 Å². The summed E-state index contributed by atoms with van der Waals surface area (Å²) in [7, 11) is 0. The average Bonchev–Trinajstić information content (AvgIpc) is 3.38. The van der Waals surface area contributed by atoms with Gasteiger partial charge in [0.25, 0.3) is 0 Å². The summed E-state index contributed by atoms with van der Waals surface area (Å²) in [6, 6.07) is 27.6. The number of aromatic hydroxyl groups is 1. The first-order valence-corrected chi connectivity index (χ1v) is 17.4. The van der Waals surface area contributed by atoms with Crippen molar-refractivity contribution < 1.29 is 5.11 Å². The Morgan fingerprint density at radius 1 is 0.592 bits per heavy atom. The minimum atomic E-state index is -0.149. The molecule has 0 fully saturated rings. The average molecular weight is 650 g/mol. The number of aromatic nitrogens is 3. The van der Waals surface area contributed by atoms with Crippen molar-refractivity contribution in [2.45, 2.75) is 99.3 Å². The van der Waals surface area contributed by atoms with Crippen LogP contribution in [0.5, 0.6) is 5.75 Å². The van der Waals surface area contributed by atoms with Gasteiger partial charge in [-0.15, -0.1) is 0 Å². The third-order valence-corrected chi connectivity index (χ3v) is 9.65. The van der Waals surface area contributed by atoms with Crippen molar-refractivity contribution in [2.75, 3.05) is 0 Å². The lowest BCUT2D eigenvalue weighted by Crippen LogP contribution is -2.19. The standard InChI is InChI=1S/C45H51N3O/c1-27-22-28(2)41(29(3)23-27)48-38-18-15-17-31(40(38)47-42(48)32-16-13-14-19-39(32)49)33-25-34(37-24-30(20-21-46-37)43(4,5)6)36(45(10,11)12)26-35(33)44(7,8)9/h13-26,49H,1-12H3. The number of aryl methyl sites for hydroxylation is 3. The summed E-state index contributed by atoms with van der Waals surface area (Å²) in [5, 5.41) is 11.2. The molecule has 6 aromatic rings. The highest BCUT2D eigenvalue weighted by atomic mass is 16.3. The first-order valence-electron chi connectivity index (χ1n) is 17.4. The molecule has 0 aliphatic heterocycles. The highest BCUT2D eigenvalue weighted by molar-refractivity contribution is 5.98. The molecule has 0 bridgehead atoms. The van der Waals surface area contributed by atoms with Crippen molar-refractivity contribution >= 4 is 11.0 Å². The molecule has 0 spiro atoms. The predicted octanol–water partition coefficient (Wildman–Crippen LogP) is 11.9. The minimum absolute atomic E-state index is 0.00215. The monoisotopic (exact) mass is 649 g/mol. The number of imidazole rings is 1. The molecule has 4 heteroatoms. The fourth-order valence-corrected chi connectivity index (χ4v) is 7.23. The summed E-state index contributed by atoms with van der Waals surface area (Å²) in [6.07, 6.45) is 1.95. The Labute approximate surface area is 292 Å². The molecular weight excluding hydrogens is 599 g/mol. The number of nitrogens with zero attached hydrogens (tertiary/aromatic N) is 3. The number of pyridine rings is 1. The molecule has 49 heavy (non-hydrogen) atoms. The molecule has 4 aromatic carbocycles. The van der Waals surface area contributed by atoms with E-state index >= 15 is 0 Å². The zero-order chi connectivity index (χ0) is 35.6. The molecule has 6 rings (SSSR count). The summed E-state index contributed by atoms with van der Waals surface area (Å²) in [6.45, 7) is 27.0.